The van der Waals surface area contributed by atoms with E-state index < -0.39 is 17.7 Å². The molecule has 0 spiro atoms. The molecule has 1 aliphatic heterocycles. The molecule has 1 aliphatic rings. The summed E-state index contributed by atoms with van der Waals surface area (Å²) in [6.45, 7) is 6.76. The van der Waals surface area contributed by atoms with Gasteiger partial charge < -0.3 is 14.2 Å². The van der Waals surface area contributed by atoms with Gasteiger partial charge in [-0.3, -0.25) is 4.98 Å². The van der Waals surface area contributed by atoms with Crippen LogP contribution in [0.4, 0.5) is 18.0 Å². The van der Waals surface area contributed by atoms with Crippen molar-refractivity contribution in [3.05, 3.63) is 48.2 Å². The van der Waals surface area contributed by atoms with Crippen LogP contribution in [-0.4, -0.2) is 49.8 Å². The summed E-state index contributed by atoms with van der Waals surface area (Å²) >= 11 is 0. The van der Waals surface area contributed by atoms with Gasteiger partial charge in [-0.15, -0.1) is 0 Å². The zero-order valence-electron chi connectivity index (χ0n) is 19.0. The highest BCUT2D eigenvalue weighted by molar-refractivity contribution is 5.68. The van der Waals surface area contributed by atoms with Gasteiger partial charge in [-0.2, -0.15) is 18.2 Å². The molecule has 0 radical (unpaired) electrons. The van der Waals surface area contributed by atoms with E-state index in [9.17, 15) is 18.0 Å². The van der Waals surface area contributed by atoms with E-state index >= 15 is 0 Å². The van der Waals surface area contributed by atoms with Crippen LogP contribution >= 0.6 is 0 Å². The number of halogens is 3. The van der Waals surface area contributed by atoms with E-state index in [1.807, 2.05) is 20.8 Å². The lowest BCUT2D eigenvalue weighted by molar-refractivity contribution is -0.159. The quantitative estimate of drug-likeness (QED) is 0.523. The van der Waals surface area contributed by atoms with Crippen molar-refractivity contribution in [1.29, 1.82) is 0 Å². The second-order valence-corrected chi connectivity index (χ2v) is 9.18. The van der Waals surface area contributed by atoms with Crippen LogP contribution in [0, 0.1) is 5.92 Å². The molecule has 0 N–H and O–H groups in total. The lowest BCUT2D eigenvalue weighted by Crippen LogP contribution is -2.35. The van der Waals surface area contributed by atoms with E-state index in [-0.39, 0.29) is 17.8 Å². The Labute approximate surface area is 194 Å². The molecular formula is C23H24F3N5O3. The number of benzene rings is 1. The zero-order valence-corrected chi connectivity index (χ0v) is 19.0. The fourth-order valence-electron chi connectivity index (χ4n) is 3.68. The van der Waals surface area contributed by atoms with Gasteiger partial charge >= 0.3 is 18.2 Å². The van der Waals surface area contributed by atoms with E-state index in [1.165, 1.54) is 0 Å². The molecular weight excluding hydrogens is 451 g/mol. The monoisotopic (exact) mass is 475 g/mol. The normalized spacial score (nSPS) is 16.6. The molecule has 180 valence electrons. The summed E-state index contributed by atoms with van der Waals surface area (Å²) in [5, 5.41) is 3.39. The summed E-state index contributed by atoms with van der Waals surface area (Å²) in [4.78, 5) is 26.4. The van der Waals surface area contributed by atoms with Crippen LogP contribution < -0.4 is 0 Å². The predicted octanol–water partition coefficient (Wildman–Crippen LogP) is 5.01. The molecule has 3 heterocycles. The standard InChI is InChI=1S/C23H24F3N5O3/c1-22(2,3)33-21(32)31-9-8-14(13-31)10-17-11-27-12-18(28-17)15-4-6-16(7-5-15)19-29-20(34-30-19)23(24,25)26/h4-7,11-12,14H,8-10,13H2,1-3H3/t14-/m1/s1. The topological polar surface area (TPSA) is 94.2 Å². The van der Waals surface area contributed by atoms with Crippen molar-refractivity contribution in [2.24, 2.45) is 5.92 Å². The zero-order chi connectivity index (χ0) is 24.5. The summed E-state index contributed by atoms with van der Waals surface area (Å²) in [7, 11) is 0. The Bertz CT molecular complexity index is 1160. The molecule has 3 aromatic rings. The van der Waals surface area contributed by atoms with Gasteiger partial charge in [0.15, 0.2) is 0 Å². The smallest absolute Gasteiger partial charge is 0.444 e. The molecule has 0 aliphatic carbocycles. The van der Waals surface area contributed by atoms with E-state index in [4.69, 9.17) is 4.74 Å². The van der Waals surface area contributed by atoms with Gasteiger partial charge in [0.25, 0.3) is 0 Å². The van der Waals surface area contributed by atoms with E-state index in [0.29, 0.717) is 30.8 Å². The highest BCUT2D eigenvalue weighted by Gasteiger charge is 2.38. The minimum Gasteiger partial charge on any atom is -0.444 e. The van der Waals surface area contributed by atoms with Crippen LogP contribution in [0.2, 0.25) is 0 Å². The van der Waals surface area contributed by atoms with Gasteiger partial charge in [-0.1, -0.05) is 29.4 Å². The summed E-state index contributed by atoms with van der Waals surface area (Å²) in [6.07, 6.45) is -0.155. The minimum atomic E-state index is -4.69. The molecule has 0 bridgehead atoms. The number of alkyl halides is 3. The van der Waals surface area contributed by atoms with Crippen molar-refractivity contribution in [2.45, 2.75) is 45.4 Å². The summed E-state index contributed by atoms with van der Waals surface area (Å²) in [6, 6.07) is 6.63. The molecule has 4 rings (SSSR count). The van der Waals surface area contributed by atoms with Crippen molar-refractivity contribution < 1.29 is 27.2 Å². The Balaban J connectivity index is 1.41. The second-order valence-electron chi connectivity index (χ2n) is 9.18. The first-order valence-electron chi connectivity index (χ1n) is 10.8. The Kier molecular flexibility index (Phi) is 6.28. The number of nitrogens with zero attached hydrogens (tertiary/aromatic N) is 5. The maximum Gasteiger partial charge on any atom is 0.471 e. The van der Waals surface area contributed by atoms with Gasteiger partial charge in [-0.05, 0) is 39.5 Å². The fourth-order valence-corrected chi connectivity index (χ4v) is 3.68. The summed E-state index contributed by atoms with van der Waals surface area (Å²) in [5.74, 6) is -1.28. The van der Waals surface area contributed by atoms with Crippen LogP contribution in [0.1, 0.15) is 38.8 Å². The Morgan fingerprint density at radius 2 is 1.82 bits per heavy atom. The maximum absolute atomic E-state index is 12.7. The van der Waals surface area contributed by atoms with E-state index in [2.05, 4.69) is 24.6 Å². The molecule has 0 saturated carbocycles. The first-order valence-corrected chi connectivity index (χ1v) is 10.8. The molecule has 0 unspecified atom stereocenters. The molecule has 8 nitrogen and oxygen atoms in total. The molecule has 1 aromatic carbocycles. The van der Waals surface area contributed by atoms with Gasteiger partial charge in [-0.25, -0.2) is 9.78 Å². The van der Waals surface area contributed by atoms with E-state index in [1.54, 1.807) is 41.6 Å². The Morgan fingerprint density at radius 1 is 1.12 bits per heavy atom. The second kappa shape index (κ2) is 9.03. The highest BCUT2D eigenvalue weighted by atomic mass is 19.4. The maximum atomic E-state index is 12.7. The molecule has 1 saturated heterocycles. The first-order chi connectivity index (χ1) is 16.0. The largest absolute Gasteiger partial charge is 0.471 e. The van der Waals surface area contributed by atoms with Crippen LogP contribution in [-0.2, 0) is 17.3 Å². The molecule has 1 fully saturated rings. The number of rotatable bonds is 4. The van der Waals surface area contributed by atoms with Crippen molar-refractivity contribution in [1.82, 2.24) is 25.0 Å². The summed E-state index contributed by atoms with van der Waals surface area (Å²) < 4.78 is 47.8. The van der Waals surface area contributed by atoms with Crippen LogP contribution in [0.15, 0.2) is 41.2 Å². The molecule has 34 heavy (non-hydrogen) atoms. The fraction of sp³-hybridized carbons (Fsp3) is 0.435. The average molecular weight is 475 g/mol. The van der Waals surface area contributed by atoms with E-state index in [0.717, 1.165) is 17.7 Å². The number of hydrogen-bond donors (Lipinski definition) is 0. The van der Waals surface area contributed by atoms with Gasteiger partial charge in [0, 0.05) is 30.4 Å². The number of hydrogen-bond acceptors (Lipinski definition) is 7. The third-order valence-corrected chi connectivity index (χ3v) is 5.23. The van der Waals surface area contributed by atoms with Gasteiger partial charge in [0.1, 0.15) is 5.60 Å². The number of ether oxygens (including phenoxy) is 1. The first kappa shape index (κ1) is 23.7. The van der Waals surface area contributed by atoms with Crippen LogP contribution in [0.3, 0.4) is 0 Å². The van der Waals surface area contributed by atoms with Gasteiger partial charge in [0.2, 0.25) is 5.82 Å². The Morgan fingerprint density at radius 3 is 2.47 bits per heavy atom. The molecule has 2 aromatic heterocycles. The average Bonchev–Trinajstić information content (AvgIpc) is 3.43. The molecule has 1 atom stereocenters. The Hall–Kier alpha value is -3.50. The van der Waals surface area contributed by atoms with Crippen molar-refractivity contribution in [3.63, 3.8) is 0 Å². The molecule has 1 amide bonds. The van der Waals surface area contributed by atoms with Crippen molar-refractivity contribution in [3.8, 4) is 22.6 Å². The van der Waals surface area contributed by atoms with Crippen LogP contribution in [0.5, 0.6) is 0 Å². The molecule has 11 heteroatoms. The van der Waals surface area contributed by atoms with Crippen molar-refractivity contribution in [2.75, 3.05) is 13.1 Å². The predicted molar refractivity (Wildman–Crippen MR) is 115 cm³/mol. The number of amides is 1. The third-order valence-electron chi connectivity index (χ3n) is 5.23. The number of carbonyl (C=O) groups excluding carboxylic acids is 1. The SMILES string of the molecule is CC(C)(C)OC(=O)N1CC[C@H](Cc2cncc(-c3ccc(-c4noc(C(F)(F)F)n4)cc3)n2)C1. The number of aromatic nitrogens is 4. The lowest BCUT2D eigenvalue weighted by Gasteiger charge is -2.24. The summed E-state index contributed by atoms with van der Waals surface area (Å²) in [5.41, 5.74) is 2.04. The van der Waals surface area contributed by atoms with Crippen LogP contribution in [0.25, 0.3) is 22.6 Å². The highest BCUT2D eigenvalue weighted by Crippen LogP contribution is 2.30. The minimum absolute atomic E-state index is 0.144. The number of likely N-dealkylation sites (tertiary alicyclic amines) is 1. The van der Waals surface area contributed by atoms with Crippen molar-refractivity contribution >= 4 is 6.09 Å². The van der Waals surface area contributed by atoms with Gasteiger partial charge in [0.05, 0.1) is 17.6 Å². The number of carbonyl (C=O) groups is 1. The third kappa shape index (κ3) is 5.70. The lowest BCUT2D eigenvalue weighted by atomic mass is 10.0.